The molecule has 0 aliphatic carbocycles. The number of halogens is 1. The molecule has 0 bridgehead atoms. The van der Waals surface area contributed by atoms with Crippen molar-refractivity contribution in [3.63, 3.8) is 0 Å². The first kappa shape index (κ1) is 14.8. The van der Waals surface area contributed by atoms with Gasteiger partial charge in [-0.25, -0.2) is 0 Å². The molecule has 0 unspecified atom stereocenters. The van der Waals surface area contributed by atoms with Gasteiger partial charge >= 0.3 is 0 Å². The van der Waals surface area contributed by atoms with Crippen molar-refractivity contribution in [1.29, 1.82) is 0 Å². The second-order valence-electron chi connectivity index (χ2n) is 5.22. The van der Waals surface area contributed by atoms with Crippen molar-refractivity contribution in [2.45, 2.75) is 19.4 Å². The molecule has 2 aromatic heterocycles. The SMILES string of the molecule is C[C@@H](Cc1cc2ccccc2o1)NC(=O)c1cncc(Br)c1. The van der Waals surface area contributed by atoms with E-state index in [1.165, 1.54) is 0 Å². The first-order valence-corrected chi connectivity index (χ1v) is 7.80. The van der Waals surface area contributed by atoms with Crippen LogP contribution < -0.4 is 5.32 Å². The largest absolute Gasteiger partial charge is 0.461 e. The predicted octanol–water partition coefficient (Wildman–Crippen LogP) is 3.95. The Morgan fingerprint density at radius 1 is 1.32 bits per heavy atom. The molecule has 1 aromatic carbocycles. The first-order chi connectivity index (χ1) is 10.6. The summed E-state index contributed by atoms with van der Waals surface area (Å²) in [4.78, 5) is 16.2. The van der Waals surface area contributed by atoms with Crippen LogP contribution in [-0.2, 0) is 6.42 Å². The molecule has 0 saturated heterocycles. The summed E-state index contributed by atoms with van der Waals surface area (Å²) >= 11 is 3.31. The van der Waals surface area contributed by atoms with Gasteiger partial charge in [0.2, 0.25) is 0 Å². The van der Waals surface area contributed by atoms with Crippen LogP contribution in [0.5, 0.6) is 0 Å². The number of carbonyl (C=O) groups excluding carboxylic acids is 1. The molecule has 22 heavy (non-hydrogen) atoms. The van der Waals surface area contributed by atoms with Crippen LogP contribution in [0.2, 0.25) is 0 Å². The summed E-state index contributed by atoms with van der Waals surface area (Å²) in [6.45, 7) is 1.95. The highest BCUT2D eigenvalue weighted by atomic mass is 79.9. The third kappa shape index (κ3) is 3.36. The third-order valence-corrected chi connectivity index (χ3v) is 3.76. The molecule has 3 aromatic rings. The number of carbonyl (C=O) groups is 1. The van der Waals surface area contributed by atoms with Crippen molar-refractivity contribution in [2.75, 3.05) is 0 Å². The highest BCUT2D eigenvalue weighted by molar-refractivity contribution is 9.10. The Morgan fingerprint density at radius 2 is 2.14 bits per heavy atom. The first-order valence-electron chi connectivity index (χ1n) is 7.00. The minimum absolute atomic E-state index is 0.0351. The van der Waals surface area contributed by atoms with Crippen LogP contribution in [0.4, 0.5) is 0 Å². The van der Waals surface area contributed by atoms with Gasteiger partial charge in [-0.15, -0.1) is 0 Å². The fraction of sp³-hybridized carbons (Fsp3) is 0.176. The van der Waals surface area contributed by atoms with Crippen LogP contribution in [0.25, 0.3) is 11.0 Å². The third-order valence-electron chi connectivity index (χ3n) is 3.33. The van der Waals surface area contributed by atoms with Gasteiger partial charge in [-0.2, -0.15) is 0 Å². The monoisotopic (exact) mass is 358 g/mol. The number of benzene rings is 1. The lowest BCUT2D eigenvalue weighted by molar-refractivity contribution is 0.0939. The van der Waals surface area contributed by atoms with E-state index in [-0.39, 0.29) is 11.9 Å². The van der Waals surface area contributed by atoms with Crippen molar-refractivity contribution in [3.05, 3.63) is 64.6 Å². The maximum Gasteiger partial charge on any atom is 0.253 e. The van der Waals surface area contributed by atoms with Crippen LogP contribution in [0, 0.1) is 0 Å². The molecular formula is C17H15BrN2O2. The number of nitrogens with zero attached hydrogens (tertiary/aromatic N) is 1. The van der Waals surface area contributed by atoms with Gasteiger partial charge in [-0.05, 0) is 41.1 Å². The van der Waals surface area contributed by atoms with Crippen molar-refractivity contribution < 1.29 is 9.21 Å². The molecule has 112 valence electrons. The maximum atomic E-state index is 12.2. The second kappa shape index (κ2) is 6.32. The van der Waals surface area contributed by atoms with Crippen molar-refractivity contribution in [1.82, 2.24) is 10.3 Å². The number of nitrogens with one attached hydrogen (secondary N) is 1. The number of aromatic nitrogens is 1. The smallest absolute Gasteiger partial charge is 0.253 e. The average Bonchev–Trinajstić information content (AvgIpc) is 2.89. The number of pyridine rings is 1. The Kier molecular flexibility index (Phi) is 4.24. The van der Waals surface area contributed by atoms with E-state index in [9.17, 15) is 4.79 Å². The van der Waals surface area contributed by atoms with Crippen LogP contribution in [0.15, 0.2) is 57.7 Å². The molecule has 3 rings (SSSR count). The van der Waals surface area contributed by atoms with E-state index in [2.05, 4.69) is 26.2 Å². The zero-order valence-electron chi connectivity index (χ0n) is 12.0. The number of furan rings is 1. The van der Waals surface area contributed by atoms with Gasteiger partial charge in [0.15, 0.2) is 0 Å². The molecule has 1 amide bonds. The van der Waals surface area contributed by atoms with Gasteiger partial charge in [-0.1, -0.05) is 18.2 Å². The summed E-state index contributed by atoms with van der Waals surface area (Å²) < 4.78 is 6.56. The summed E-state index contributed by atoms with van der Waals surface area (Å²) in [5, 5.41) is 4.03. The Balaban J connectivity index is 1.66. The molecule has 0 radical (unpaired) electrons. The lowest BCUT2D eigenvalue weighted by Crippen LogP contribution is -2.34. The Morgan fingerprint density at radius 3 is 2.91 bits per heavy atom. The van der Waals surface area contributed by atoms with Gasteiger partial charge in [0.25, 0.3) is 5.91 Å². The number of para-hydroxylation sites is 1. The summed E-state index contributed by atoms with van der Waals surface area (Å²) in [6, 6.07) is 11.6. The zero-order valence-corrected chi connectivity index (χ0v) is 13.6. The Hall–Kier alpha value is -2.14. The predicted molar refractivity (Wildman–Crippen MR) is 88.8 cm³/mol. The van der Waals surface area contributed by atoms with Crippen molar-refractivity contribution in [2.24, 2.45) is 0 Å². The van der Waals surface area contributed by atoms with E-state index >= 15 is 0 Å². The molecule has 0 aliphatic rings. The minimum atomic E-state index is -0.141. The number of fused-ring (bicyclic) bond motifs is 1. The van der Waals surface area contributed by atoms with Crippen molar-refractivity contribution >= 4 is 32.8 Å². The molecule has 2 heterocycles. The summed E-state index contributed by atoms with van der Waals surface area (Å²) in [5.41, 5.74) is 1.40. The van der Waals surface area contributed by atoms with Gasteiger partial charge in [0.05, 0.1) is 5.56 Å². The minimum Gasteiger partial charge on any atom is -0.461 e. The normalized spacial score (nSPS) is 12.3. The fourth-order valence-electron chi connectivity index (χ4n) is 2.33. The van der Waals surface area contributed by atoms with E-state index in [4.69, 9.17) is 4.42 Å². The second-order valence-corrected chi connectivity index (χ2v) is 6.14. The molecule has 5 heteroatoms. The highest BCUT2D eigenvalue weighted by Crippen LogP contribution is 2.20. The molecule has 0 saturated carbocycles. The van der Waals surface area contributed by atoms with Crippen LogP contribution in [-0.4, -0.2) is 16.9 Å². The molecule has 1 atom stereocenters. The summed E-state index contributed by atoms with van der Waals surface area (Å²) in [6.07, 6.45) is 3.84. The van der Waals surface area contributed by atoms with E-state index in [1.807, 2.05) is 37.3 Å². The topological polar surface area (TPSA) is 55.1 Å². The Labute approximate surface area is 136 Å². The van der Waals surface area contributed by atoms with Gasteiger partial charge < -0.3 is 9.73 Å². The molecule has 1 N–H and O–H groups in total. The molecule has 4 nitrogen and oxygen atoms in total. The standard InChI is InChI=1S/C17H15BrN2O2/c1-11(20-17(21)13-7-14(18)10-19-9-13)6-15-8-12-4-2-3-5-16(12)22-15/h2-5,7-11H,6H2,1H3,(H,20,21)/t11-/m0/s1. The average molecular weight is 359 g/mol. The quantitative estimate of drug-likeness (QED) is 0.767. The Bertz CT molecular complexity index is 780. The number of hydrogen-bond donors (Lipinski definition) is 1. The van der Waals surface area contributed by atoms with Gasteiger partial charge in [-0.3, -0.25) is 9.78 Å². The van der Waals surface area contributed by atoms with E-state index < -0.39 is 0 Å². The van der Waals surface area contributed by atoms with E-state index in [0.29, 0.717) is 12.0 Å². The lowest BCUT2D eigenvalue weighted by atomic mass is 10.1. The maximum absolute atomic E-state index is 12.2. The lowest BCUT2D eigenvalue weighted by Gasteiger charge is -2.12. The van der Waals surface area contributed by atoms with Gasteiger partial charge in [0.1, 0.15) is 11.3 Å². The summed E-state index contributed by atoms with van der Waals surface area (Å²) in [7, 11) is 0. The molecular weight excluding hydrogens is 344 g/mol. The molecule has 0 fully saturated rings. The zero-order chi connectivity index (χ0) is 15.5. The van der Waals surface area contributed by atoms with Crippen LogP contribution >= 0.6 is 15.9 Å². The van der Waals surface area contributed by atoms with Crippen LogP contribution in [0.3, 0.4) is 0 Å². The van der Waals surface area contributed by atoms with Crippen molar-refractivity contribution in [3.8, 4) is 0 Å². The van der Waals surface area contributed by atoms with E-state index in [1.54, 1.807) is 18.5 Å². The molecule has 0 spiro atoms. The molecule has 0 aliphatic heterocycles. The summed E-state index contributed by atoms with van der Waals surface area (Å²) in [5.74, 6) is 0.721. The van der Waals surface area contributed by atoms with E-state index in [0.717, 1.165) is 21.2 Å². The highest BCUT2D eigenvalue weighted by Gasteiger charge is 2.13. The fourth-order valence-corrected chi connectivity index (χ4v) is 2.70. The van der Waals surface area contributed by atoms with Gasteiger partial charge in [0, 0.05) is 34.7 Å². The number of rotatable bonds is 4. The number of amides is 1. The number of hydrogen-bond acceptors (Lipinski definition) is 3. The van der Waals surface area contributed by atoms with Crippen LogP contribution in [0.1, 0.15) is 23.0 Å².